The second-order valence-corrected chi connectivity index (χ2v) is 8.37. The normalized spacial score (nSPS) is 11.1. The molecule has 10 nitrogen and oxygen atoms in total. The van der Waals surface area contributed by atoms with Gasteiger partial charge in [-0.25, -0.2) is 4.98 Å². The zero-order chi connectivity index (χ0) is 23.5. The molecule has 0 fully saturated rings. The Balaban J connectivity index is 1.80. The first-order valence-electron chi connectivity index (χ1n) is 9.31. The maximum Gasteiger partial charge on any atom is 0.433 e. The van der Waals surface area contributed by atoms with Crippen molar-refractivity contribution < 1.29 is 23.6 Å². The molecule has 0 aliphatic carbocycles. The molecule has 4 aromatic rings. The van der Waals surface area contributed by atoms with Crippen LogP contribution in [0.25, 0.3) is 10.2 Å². The number of halogens is 1. The van der Waals surface area contributed by atoms with Gasteiger partial charge >= 0.3 is 5.88 Å². The number of methoxy groups -OCH3 is 2. The molecule has 0 unspecified atom stereocenters. The van der Waals surface area contributed by atoms with Crippen LogP contribution in [0.5, 0.6) is 11.5 Å². The van der Waals surface area contributed by atoms with E-state index in [1.807, 2.05) is 18.2 Å². The molecule has 33 heavy (non-hydrogen) atoms. The Morgan fingerprint density at radius 2 is 2.06 bits per heavy atom. The number of aromatic nitrogens is 1. The van der Waals surface area contributed by atoms with E-state index >= 15 is 0 Å². The zero-order valence-corrected chi connectivity index (χ0v) is 19.6. The predicted octanol–water partition coefficient (Wildman–Crippen LogP) is 5.26. The highest BCUT2D eigenvalue weighted by molar-refractivity contribution is 9.10. The van der Waals surface area contributed by atoms with Crippen LogP contribution in [0.1, 0.15) is 16.1 Å². The molecule has 0 saturated heterocycles. The maximum absolute atomic E-state index is 13.6. The van der Waals surface area contributed by atoms with Gasteiger partial charge in [0.05, 0.1) is 42.3 Å². The van der Waals surface area contributed by atoms with E-state index < -0.39 is 16.7 Å². The number of para-hydroxylation sites is 1. The number of hydrazone groups is 1. The summed E-state index contributed by atoms with van der Waals surface area (Å²) in [6.07, 6.45) is 1.21. The van der Waals surface area contributed by atoms with Gasteiger partial charge in [0.2, 0.25) is 5.13 Å². The number of amides is 1. The number of nitro groups is 1. The molecule has 168 valence electrons. The number of ether oxygens (including phenoxy) is 2. The van der Waals surface area contributed by atoms with Gasteiger partial charge in [0.1, 0.15) is 4.92 Å². The Bertz CT molecular complexity index is 1380. The monoisotopic (exact) mass is 530 g/mol. The van der Waals surface area contributed by atoms with Gasteiger partial charge in [-0.05, 0) is 36.4 Å². The molecule has 1 amide bonds. The summed E-state index contributed by atoms with van der Waals surface area (Å²) < 4.78 is 17.5. The molecule has 2 aromatic heterocycles. The van der Waals surface area contributed by atoms with Gasteiger partial charge in [-0.2, -0.15) is 10.1 Å². The van der Waals surface area contributed by atoms with Crippen molar-refractivity contribution in [3.63, 3.8) is 0 Å². The number of fused-ring (bicyclic) bond motifs is 1. The van der Waals surface area contributed by atoms with Crippen molar-refractivity contribution in [2.24, 2.45) is 5.10 Å². The molecule has 0 bridgehead atoms. The molecule has 0 N–H and O–H groups in total. The lowest BCUT2D eigenvalue weighted by Crippen LogP contribution is -2.26. The lowest BCUT2D eigenvalue weighted by Gasteiger charge is -2.17. The van der Waals surface area contributed by atoms with Crippen molar-refractivity contribution in [3.8, 4) is 11.5 Å². The van der Waals surface area contributed by atoms with Gasteiger partial charge in [0.15, 0.2) is 17.3 Å². The number of furan rings is 1. The third-order valence-electron chi connectivity index (χ3n) is 4.44. The van der Waals surface area contributed by atoms with Gasteiger partial charge in [0.25, 0.3) is 5.91 Å². The smallest absolute Gasteiger partial charge is 0.433 e. The lowest BCUT2D eigenvalue weighted by molar-refractivity contribution is -0.402. The minimum Gasteiger partial charge on any atom is -0.493 e. The third-order valence-corrected chi connectivity index (χ3v) is 5.93. The summed E-state index contributed by atoms with van der Waals surface area (Å²) in [6, 6.07) is 13.0. The number of anilines is 1. The van der Waals surface area contributed by atoms with Crippen LogP contribution in [-0.2, 0) is 0 Å². The molecule has 4 rings (SSSR count). The van der Waals surface area contributed by atoms with Gasteiger partial charge < -0.3 is 13.9 Å². The minimum atomic E-state index is -0.660. The van der Waals surface area contributed by atoms with E-state index in [0.29, 0.717) is 11.3 Å². The lowest BCUT2D eigenvalue weighted by atomic mass is 10.1. The summed E-state index contributed by atoms with van der Waals surface area (Å²) in [5.41, 5.74) is 0.873. The number of thiazole rings is 1. The topological polar surface area (TPSA) is 120 Å². The number of nitrogens with zero attached hydrogens (tertiary/aromatic N) is 4. The standard InChI is InChI=1S/C21H15BrN4O6S/c1-30-16-5-3-4-14(19(16)31-2)20(27)25(23-11-13-7-9-18(32-13)26(28)29)21-24-15-8-6-12(22)10-17(15)33-21/h3-11H,1-2H3/b23-11+. The fraction of sp³-hybridized carbons (Fsp3) is 0.0952. The first-order valence-corrected chi connectivity index (χ1v) is 10.9. The van der Waals surface area contributed by atoms with Crippen molar-refractivity contribution >= 4 is 60.6 Å². The summed E-state index contributed by atoms with van der Waals surface area (Å²) in [7, 11) is 2.90. The third kappa shape index (κ3) is 4.56. The van der Waals surface area contributed by atoms with E-state index in [4.69, 9.17) is 13.9 Å². The van der Waals surface area contributed by atoms with Crippen molar-refractivity contribution in [2.45, 2.75) is 0 Å². The van der Waals surface area contributed by atoms with Gasteiger partial charge in [0, 0.05) is 4.47 Å². The summed E-state index contributed by atoms with van der Waals surface area (Å²) in [5.74, 6) is -0.263. The molecule has 2 aromatic carbocycles. The first-order chi connectivity index (χ1) is 15.9. The molecule has 0 atom stereocenters. The van der Waals surface area contributed by atoms with E-state index in [1.165, 1.54) is 43.9 Å². The van der Waals surface area contributed by atoms with Gasteiger partial charge in [-0.3, -0.25) is 14.9 Å². The van der Waals surface area contributed by atoms with Crippen molar-refractivity contribution in [1.82, 2.24) is 4.98 Å². The molecule has 0 radical (unpaired) electrons. The fourth-order valence-corrected chi connectivity index (χ4v) is 4.43. The molecular weight excluding hydrogens is 516 g/mol. The molecule has 2 heterocycles. The minimum absolute atomic E-state index is 0.0981. The van der Waals surface area contributed by atoms with Crippen LogP contribution in [0.2, 0.25) is 0 Å². The Labute approximate surface area is 199 Å². The molecule has 0 spiro atoms. The predicted molar refractivity (Wildman–Crippen MR) is 127 cm³/mol. The highest BCUT2D eigenvalue weighted by Crippen LogP contribution is 2.35. The molecule has 12 heteroatoms. The molecule has 0 saturated carbocycles. The van der Waals surface area contributed by atoms with E-state index in [-0.39, 0.29) is 22.2 Å². The second-order valence-electron chi connectivity index (χ2n) is 6.44. The van der Waals surface area contributed by atoms with Crippen LogP contribution in [0.3, 0.4) is 0 Å². The first kappa shape index (κ1) is 22.4. The average Bonchev–Trinajstić information content (AvgIpc) is 3.45. The van der Waals surface area contributed by atoms with Crippen LogP contribution in [-0.4, -0.2) is 36.2 Å². The van der Waals surface area contributed by atoms with Gasteiger partial charge in [-0.15, -0.1) is 0 Å². The summed E-state index contributed by atoms with van der Waals surface area (Å²) in [4.78, 5) is 28.3. The van der Waals surface area contributed by atoms with Crippen molar-refractivity contribution in [2.75, 3.05) is 19.2 Å². The average molecular weight is 531 g/mol. The Hall–Kier alpha value is -3.77. The van der Waals surface area contributed by atoms with Crippen LogP contribution in [0, 0.1) is 10.1 Å². The highest BCUT2D eigenvalue weighted by Gasteiger charge is 2.26. The number of hydrogen-bond acceptors (Lipinski definition) is 9. The number of carbonyl (C=O) groups is 1. The van der Waals surface area contributed by atoms with Crippen molar-refractivity contribution in [3.05, 3.63) is 74.4 Å². The molecule has 0 aliphatic rings. The Morgan fingerprint density at radius 1 is 1.24 bits per heavy atom. The Kier molecular flexibility index (Phi) is 6.38. The van der Waals surface area contributed by atoms with Crippen molar-refractivity contribution in [1.29, 1.82) is 0 Å². The number of rotatable bonds is 7. The summed E-state index contributed by atoms with van der Waals surface area (Å²) >= 11 is 4.68. The van der Waals surface area contributed by atoms with E-state index in [0.717, 1.165) is 14.2 Å². The zero-order valence-electron chi connectivity index (χ0n) is 17.2. The number of benzene rings is 2. The van der Waals surface area contributed by atoms with Crippen LogP contribution < -0.4 is 14.5 Å². The Morgan fingerprint density at radius 3 is 2.76 bits per heavy atom. The van der Waals surface area contributed by atoms with E-state index in [1.54, 1.807) is 18.2 Å². The fourth-order valence-electron chi connectivity index (χ4n) is 2.96. The van der Waals surface area contributed by atoms with Gasteiger partial charge in [-0.1, -0.05) is 33.3 Å². The summed E-state index contributed by atoms with van der Waals surface area (Å²) in [6.45, 7) is 0. The van der Waals surface area contributed by atoms with E-state index in [2.05, 4.69) is 26.0 Å². The SMILES string of the molecule is COc1cccc(C(=O)N(/N=C/c2ccc([N+](=O)[O-])o2)c2nc3ccc(Br)cc3s2)c1OC. The maximum atomic E-state index is 13.6. The number of hydrogen-bond donors (Lipinski definition) is 0. The molecular formula is C21H15BrN4O6S. The highest BCUT2D eigenvalue weighted by atomic mass is 79.9. The number of carbonyl (C=O) groups excluding carboxylic acids is 1. The molecule has 0 aliphatic heterocycles. The van der Waals surface area contributed by atoms with E-state index in [9.17, 15) is 14.9 Å². The van der Waals surface area contributed by atoms with Crippen LogP contribution in [0.4, 0.5) is 11.0 Å². The van der Waals surface area contributed by atoms with Crippen LogP contribution in [0.15, 0.2) is 62.5 Å². The largest absolute Gasteiger partial charge is 0.493 e. The second kappa shape index (κ2) is 9.38. The summed E-state index contributed by atoms with van der Waals surface area (Å²) in [5, 5.41) is 16.5. The van der Waals surface area contributed by atoms with Crippen LogP contribution >= 0.6 is 27.3 Å². The quantitative estimate of drug-likeness (QED) is 0.181.